The van der Waals surface area contributed by atoms with Gasteiger partial charge in [0.1, 0.15) is 19.2 Å². The second-order valence-electron chi connectivity index (χ2n) is 3.08. The normalized spacial score (nSPS) is 12.4. The van der Waals surface area contributed by atoms with E-state index in [4.69, 9.17) is 5.11 Å². The summed E-state index contributed by atoms with van der Waals surface area (Å²) in [6.45, 7) is 2.33. The van der Waals surface area contributed by atoms with E-state index in [1.165, 1.54) is 17.3 Å². The van der Waals surface area contributed by atoms with Crippen LogP contribution >= 0.6 is 0 Å². The van der Waals surface area contributed by atoms with Crippen LogP contribution in [-0.2, 0) is 11.3 Å². The quantitative estimate of drug-likeness (QED) is 0.647. The van der Waals surface area contributed by atoms with E-state index in [-0.39, 0.29) is 18.6 Å². The van der Waals surface area contributed by atoms with Crippen molar-refractivity contribution in [3.05, 3.63) is 12.7 Å². The van der Waals surface area contributed by atoms with E-state index < -0.39 is 0 Å². The highest BCUT2D eigenvalue weighted by molar-refractivity contribution is 5.75. The van der Waals surface area contributed by atoms with Gasteiger partial charge in [-0.05, 0) is 13.3 Å². The Kier molecular flexibility index (Phi) is 4.06. The third kappa shape index (κ3) is 3.99. The van der Waals surface area contributed by atoms with Crippen molar-refractivity contribution >= 4 is 5.91 Å². The molecule has 0 aliphatic carbocycles. The van der Waals surface area contributed by atoms with E-state index in [0.717, 1.165) is 0 Å². The van der Waals surface area contributed by atoms with E-state index in [1.807, 2.05) is 0 Å². The van der Waals surface area contributed by atoms with Crippen LogP contribution in [0.3, 0.4) is 0 Å². The lowest BCUT2D eigenvalue weighted by atomic mass is 10.3. The van der Waals surface area contributed by atoms with Crippen molar-refractivity contribution in [2.45, 2.75) is 26.0 Å². The zero-order valence-corrected chi connectivity index (χ0v) is 8.05. The molecule has 78 valence electrons. The van der Waals surface area contributed by atoms with Gasteiger partial charge in [0.15, 0.2) is 0 Å². The van der Waals surface area contributed by atoms with Crippen LogP contribution in [0.15, 0.2) is 12.7 Å². The summed E-state index contributed by atoms with van der Waals surface area (Å²) in [5.41, 5.74) is 0. The number of aliphatic hydroxyl groups is 1. The number of rotatable bonds is 5. The molecule has 0 bridgehead atoms. The maximum atomic E-state index is 11.2. The molecule has 0 fully saturated rings. The largest absolute Gasteiger partial charge is 0.393 e. The van der Waals surface area contributed by atoms with Gasteiger partial charge in [0.2, 0.25) is 5.91 Å². The maximum absolute atomic E-state index is 11.2. The van der Waals surface area contributed by atoms with E-state index in [9.17, 15) is 4.79 Å². The average Bonchev–Trinajstić information content (AvgIpc) is 2.56. The van der Waals surface area contributed by atoms with E-state index in [1.54, 1.807) is 6.92 Å². The first-order chi connectivity index (χ1) is 6.68. The molecule has 0 spiro atoms. The molecule has 1 unspecified atom stereocenters. The Labute approximate surface area is 82.0 Å². The van der Waals surface area contributed by atoms with E-state index in [0.29, 0.717) is 13.0 Å². The van der Waals surface area contributed by atoms with Crippen LogP contribution in [0, 0.1) is 0 Å². The number of carbonyl (C=O) groups is 1. The van der Waals surface area contributed by atoms with Gasteiger partial charge in [0, 0.05) is 6.54 Å². The standard InChI is InChI=1S/C8H14N4O2/c1-7(13)2-3-10-8(14)4-12-6-9-5-11-12/h5-7,13H,2-4H2,1H3,(H,10,14). The molecule has 0 aliphatic heterocycles. The molecule has 0 aromatic carbocycles. The molecule has 1 aromatic heterocycles. The molecular formula is C8H14N4O2. The predicted molar refractivity (Wildman–Crippen MR) is 49.3 cm³/mol. The molecule has 0 aliphatic rings. The highest BCUT2D eigenvalue weighted by atomic mass is 16.3. The topological polar surface area (TPSA) is 80.0 Å². The summed E-state index contributed by atoms with van der Waals surface area (Å²) in [5.74, 6) is -0.129. The fraction of sp³-hybridized carbons (Fsp3) is 0.625. The van der Waals surface area contributed by atoms with Crippen molar-refractivity contribution in [3.63, 3.8) is 0 Å². The Hall–Kier alpha value is -1.43. The van der Waals surface area contributed by atoms with Crippen LogP contribution in [-0.4, -0.2) is 38.4 Å². The molecular weight excluding hydrogens is 184 g/mol. The van der Waals surface area contributed by atoms with Crippen molar-refractivity contribution in [3.8, 4) is 0 Å². The minimum absolute atomic E-state index is 0.129. The Balaban J connectivity index is 2.17. The van der Waals surface area contributed by atoms with Gasteiger partial charge in [-0.25, -0.2) is 9.67 Å². The number of hydrogen-bond donors (Lipinski definition) is 2. The summed E-state index contributed by atoms with van der Waals surface area (Å²) in [7, 11) is 0. The zero-order valence-electron chi connectivity index (χ0n) is 8.05. The van der Waals surface area contributed by atoms with Crippen molar-refractivity contribution in [1.29, 1.82) is 0 Å². The van der Waals surface area contributed by atoms with Crippen LogP contribution in [0.2, 0.25) is 0 Å². The minimum atomic E-state index is -0.387. The number of carbonyl (C=O) groups excluding carboxylic acids is 1. The summed E-state index contributed by atoms with van der Waals surface area (Å²) in [6, 6.07) is 0. The highest BCUT2D eigenvalue weighted by Crippen LogP contribution is 1.86. The van der Waals surface area contributed by atoms with Crippen molar-refractivity contribution in [2.24, 2.45) is 0 Å². The lowest BCUT2D eigenvalue weighted by molar-refractivity contribution is -0.121. The smallest absolute Gasteiger partial charge is 0.241 e. The van der Waals surface area contributed by atoms with Crippen LogP contribution in [0.4, 0.5) is 0 Å². The third-order valence-corrected chi connectivity index (χ3v) is 1.66. The van der Waals surface area contributed by atoms with Crippen LogP contribution in [0.1, 0.15) is 13.3 Å². The van der Waals surface area contributed by atoms with Gasteiger partial charge in [0.05, 0.1) is 6.10 Å². The highest BCUT2D eigenvalue weighted by Gasteiger charge is 2.02. The van der Waals surface area contributed by atoms with Crippen molar-refractivity contribution < 1.29 is 9.90 Å². The molecule has 6 heteroatoms. The second kappa shape index (κ2) is 5.33. The summed E-state index contributed by atoms with van der Waals surface area (Å²) >= 11 is 0. The number of amides is 1. The number of aliphatic hydroxyl groups excluding tert-OH is 1. The predicted octanol–water partition coefficient (Wildman–Crippen LogP) is -0.835. The molecule has 1 atom stereocenters. The molecule has 1 heterocycles. The van der Waals surface area contributed by atoms with Gasteiger partial charge in [0.25, 0.3) is 0 Å². The Morgan fingerprint density at radius 3 is 3.07 bits per heavy atom. The molecule has 0 saturated carbocycles. The molecule has 0 saturated heterocycles. The van der Waals surface area contributed by atoms with Gasteiger partial charge in [-0.3, -0.25) is 4.79 Å². The monoisotopic (exact) mass is 198 g/mol. The molecule has 1 amide bonds. The van der Waals surface area contributed by atoms with Gasteiger partial charge in [-0.1, -0.05) is 0 Å². The van der Waals surface area contributed by atoms with E-state index >= 15 is 0 Å². The Morgan fingerprint density at radius 2 is 2.50 bits per heavy atom. The molecule has 14 heavy (non-hydrogen) atoms. The van der Waals surface area contributed by atoms with Crippen LogP contribution < -0.4 is 5.32 Å². The average molecular weight is 198 g/mol. The number of nitrogens with one attached hydrogen (secondary N) is 1. The van der Waals surface area contributed by atoms with Crippen LogP contribution in [0.5, 0.6) is 0 Å². The number of nitrogens with zero attached hydrogens (tertiary/aromatic N) is 3. The third-order valence-electron chi connectivity index (χ3n) is 1.66. The Morgan fingerprint density at radius 1 is 1.71 bits per heavy atom. The fourth-order valence-electron chi connectivity index (χ4n) is 0.938. The van der Waals surface area contributed by atoms with Gasteiger partial charge >= 0.3 is 0 Å². The lowest BCUT2D eigenvalue weighted by Gasteiger charge is -2.06. The summed E-state index contributed by atoms with van der Waals surface area (Å²) in [6.07, 6.45) is 3.03. The summed E-state index contributed by atoms with van der Waals surface area (Å²) in [5, 5.41) is 15.4. The number of aromatic nitrogens is 3. The van der Waals surface area contributed by atoms with Gasteiger partial charge in [-0.2, -0.15) is 5.10 Å². The second-order valence-corrected chi connectivity index (χ2v) is 3.08. The molecule has 6 nitrogen and oxygen atoms in total. The first kappa shape index (κ1) is 10.6. The zero-order chi connectivity index (χ0) is 10.4. The fourth-order valence-corrected chi connectivity index (χ4v) is 0.938. The molecule has 2 N–H and O–H groups in total. The molecule has 1 aromatic rings. The lowest BCUT2D eigenvalue weighted by Crippen LogP contribution is -2.30. The van der Waals surface area contributed by atoms with E-state index in [2.05, 4.69) is 15.4 Å². The van der Waals surface area contributed by atoms with Crippen molar-refractivity contribution in [2.75, 3.05) is 6.54 Å². The summed E-state index contributed by atoms with van der Waals surface area (Å²) in [4.78, 5) is 14.9. The molecule has 1 rings (SSSR count). The van der Waals surface area contributed by atoms with Gasteiger partial charge < -0.3 is 10.4 Å². The molecule has 0 radical (unpaired) electrons. The van der Waals surface area contributed by atoms with Crippen molar-refractivity contribution in [1.82, 2.24) is 20.1 Å². The summed E-state index contributed by atoms with van der Waals surface area (Å²) < 4.78 is 1.44. The Bertz CT molecular complexity index is 271. The SMILES string of the molecule is CC(O)CCNC(=O)Cn1cncn1. The van der Waals surface area contributed by atoms with Crippen LogP contribution in [0.25, 0.3) is 0 Å². The maximum Gasteiger partial charge on any atom is 0.241 e. The first-order valence-electron chi connectivity index (χ1n) is 4.45. The minimum Gasteiger partial charge on any atom is -0.393 e. The first-order valence-corrected chi connectivity index (χ1v) is 4.45. The van der Waals surface area contributed by atoms with Gasteiger partial charge in [-0.15, -0.1) is 0 Å². The number of hydrogen-bond acceptors (Lipinski definition) is 4.